The summed E-state index contributed by atoms with van der Waals surface area (Å²) in [4.78, 5) is 10.4. The molecular formula is C22H13Cl2FN2O3. The highest BCUT2D eigenvalue weighted by atomic mass is 35.5. The lowest BCUT2D eigenvalue weighted by Crippen LogP contribution is -1.97. The minimum absolute atomic E-state index is 0.116. The molecule has 0 saturated heterocycles. The molecule has 3 aromatic rings. The van der Waals surface area contributed by atoms with Gasteiger partial charge in [-0.2, -0.15) is 5.26 Å². The fraction of sp³-hybridized carbons (Fsp3) is 0.0455. The Hall–Kier alpha value is -3.40. The second-order valence-electron chi connectivity index (χ2n) is 6.21. The number of allylic oxidation sites excluding steroid dienone is 1. The Bertz CT molecular complexity index is 1150. The van der Waals surface area contributed by atoms with E-state index in [2.05, 4.69) is 0 Å². The van der Waals surface area contributed by atoms with Crippen molar-refractivity contribution in [2.45, 2.75) is 6.61 Å². The number of ether oxygens (including phenoxy) is 1. The minimum atomic E-state index is -0.528. The molecule has 8 heteroatoms. The molecule has 0 radical (unpaired) electrons. The molecule has 0 heterocycles. The quantitative estimate of drug-likeness (QED) is 0.184. The number of nitriles is 1. The van der Waals surface area contributed by atoms with Crippen molar-refractivity contribution in [2.75, 3.05) is 0 Å². The van der Waals surface area contributed by atoms with E-state index in [0.29, 0.717) is 11.1 Å². The maximum absolute atomic E-state index is 13.0. The summed E-state index contributed by atoms with van der Waals surface area (Å²) < 4.78 is 18.7. The summed E-state index contributed by atoms with van der Waals surface area (Å²) in [5.41, 5.74) is 1.77. The van der Waals surface area contributed by atoms with Crippen molar-refractivity contribution in [1.29, 1.82) is 5.26 Å². The molecule has 0 aliphatic carbocycles. The summed E-state index contributed by atoms with van der Waals surface area (Å²) in [6.07, 6.45) is 1.53. The lowest BCUT2D eigenvalue weighted by molar-refractivity contribution is -0.384. The fourth-order valence-electron chi connectivity index (χ4n) is 2.67. The molecule has 5 nitrogen and oxygen atoms in total. The number of nitrogens with zero attached hydrogens (tertiary/aromatic N) is 2. The number of halogens is 3. The summed E-state index contributed by atoms with van der Waals surface area (Å²) in [5, 5.41) is 20.9. The molecule has 0 unspecified atom stereocenters. The average Bonchev–Trinajstić information content (AvgIpc) is 2.72. The molecule has 0 aliphatic rings. The Labute approximate surface area is 181 Å². The second kappa shape index (κ2) is 9.40. The van der Waals surface area contributed by atoms with Crippen molar-refractivity contribution in [1.82, 2.24) is 0 Å². The van der Waals surface area contributed by atoms with E-state index in [1.54, 1.807) is 30.3 Å². The van der Waals surface area contributed by atoms with Gasteiger partial charge in [-0.25, -0.2) is 4.39 Å². The van der Waals surface area contributed by atoms with Crippen LogP contribution in [0.25, 0.3) is 11.6 Å². The highest BCUT2D eigenvalue weighted by Gasteiger charge is 2.12. The zero-order chi connectivity index (χ0) is 21.7. The van der Waals surface area contributed by atoms with Crippen molar-refractivity contribution in [3.63, 3.8) is 0 Å². The molecule has 0 saturated carbocycles. The maximum Gasteiger partial charge on any atom is 0.270 e. The van der Waals surface area contributed by atoms with E-state index < -0.39 is 4.92 Å². The van der Waals surface area contributed by atoms with Gasteiger partial charge in [0.15, 0.2) is 5.75 Å². The van der Waals surface area contributed by atoms with Crippen molar-refractivity contribution >= 4 is 40.5 Å². The summed E-state index contributed by atoms with van der Waals surface area (Å²) in [6.45, 7) is 0.145. The molecule has 30 heavy (non-hydrogen) atoms. The van der Waals surface area contributed by atoms with E-state index in [-0.39, 0.29) is 39.5 Å². The van der Waals surface area contributed by atoms with Crippen molar-refractivity contribution in [2.24, 2.45) is 0 Å². The van der Waals surface area contributed by atoms with Crippen molar-refractivity contribution < 1.29 is 14.1 Å². The van der Waals surface area contributed by atoms with Gasteiger partial charge in [-0.3, -0.25) is 10.1 Å². The Balaban J connectivity index is 1.86. The zero-order valence-corrected chi connectivity index (χ0v) is 16.8. The molecule has 150 valence electrons. The lowest BCUT2D eigenvalue weighted by atomic mass is 10.0. The van der Waals surface area contributed by atoms with E-state index in [0.717, 1.165) is 5.56 Å². The first-order chi connectivity index (χ1) is 14.4. The van der Waals surface area contributed by atoms with Gasteiger partial charge in [0.25, 0.3) is 5.69 Å². The van der Waals surface area contributed by atoms with Crippen LogP contribution in [0.5, 0.6) is 5.75 Å². The Morgan fingerprint density at radius 2 is 1.80 bits per heavy atom. The van der Waals surface area contributed by atoms with E-state index in [9.17, 15) is 19.8 Å². The van der Waals surface area contributed by atoms with Gasteiger partial charge in [0.1, 0.15) is 12.4 Å². The number of hydrogen-bond acceptors (Lipinski definition) is 4. The number of nitro benzene ring substituents is 1. The van der Waals surface area contributed by atoms with Crippen molar-refractivity contribution in [3.8, 4) is 11.8 Å². The normalized spacial score (nSPS) is 11.1. The van der Waals surface area contributed by atoms with Gasteiger partial charge in [0, 0.05) is 12.1 Å². The van der Waals surface area contributed by atoms with Crippen LogP contribution < -0.4 is 4.74 Å². The Kier molecular flexibility index (Phi) is 6.68. The predicted molar refractivity (Wildman–Crippen MR) is 114 cm³/mol. The van der Waals surface area contributed by atoms with Gasteiger partial charge in [0.05, 0.1) is 26.6 Å². The summed E-state index contributed by atoms with van der Waals surface area (Å²) in [6, 6.07) is 16.8. The zero-order valence-electron chi connectivity index (χ0n) is 15.3. The predicted octanol–water partition coefficient (Wildman–Crippen LogP) is 6.68. The highest BCUT2D eigenvalue weighted by Crippen LogP contribution is 2.36. The average molecular weight is 443 g/mol. The summed E-state index contributed by atoms with van der Waals surface area (Å²) >= 11 is 12.6. The number of rotatable bonds is 6. The molecule has 0 fully saturated rings. The van der Waals surface area contributed by atoms with Crippen LogP contribution in [0.15, 0.2) is 60.7 Å². The minimum Gasteiger partial charge on any atom is -0.486 e. The summed E-state index contributed by atoms with van der Waals surface area (Å²) in [7, 11) is 0. The van der Waals surface area contributed by atoms with E-state index in [1.165, 1.54) is 36.4 Å². The van der Waals surface area contributed by atoms with Crippen LogP contribution in [0.3, 0.4) is 0 Å². The molecule has 3 aromatic carbocycles. The number of non-ortho nitro benzene ring substituents is 1. The smallest absolute Gasteiger partial charge is 0.270 e. The molecule has 0 aliphatic heterocycles. The third kappa shape index (κ3) is 5.15. The molecule has 0 N–H and O–H groups in total. The third-order valence-electron chi connectivity index (χ3n) is 4.12. The second-order valence-corrected chi connectivity index (χ2v) is 7.02. The largest absolute Gasteiger partial charge is 0.486 e. The number of benzene rings is 3. The summed E-state index contributed by atoms with van der Waals surface area (Å²) in [5.74, 6) is -0.0864. The van der Waals surface area contributed by atoms with Gasteiger partial charge in [-0.05, 0) is 47.0 Å². The molecule has 0 spiro atoms. The SMILES string of the molecule is N#C/C(=C/c1cc(Cl)c(OCc2ccc(F)cc2)c(Cl)c1)c1cccc([N+](=O)[O-])c1. The van der Waals surface area contributed by atoms with Crippen LogP contribution in [-0.2, 0) is 6.61 Å². The fourth-order valence-corrected chi connectivity index (χ4v) is 3.28. The van der Waals surface area contributed by atoms with Crippen LogP contribution in [0.4, 0.5) is 10.1 Å². The van der Waals surface area contributed by atoms with Crippen LogP contribution in [0, 0.1) is 27.3 Å². The first-order valence-corrected chi connectivity index (χ1v) is 9.36. The van der Waals surface area contributed by atoms with E-state index in [4.69, 9.17) is 27.9 Å². The van der Waals surface area contributed by atoms with Crippen LogP contribution in [0.2, 0.25) is 10.0 Å². The first kappa shape index (κ1) is 21.3. The first-order valence-electron chi connectivity index (χ1n) is 8.60. The maximum atomic E-state index is 13.0. The van der Waals surface area contributed by atoms with Crippen LogP contribution in [-0.4, -0.2) is 4.92 Å². The molecule has 0 atom stereocenters. The molecular weight excluding hydrogens is 430 g/mol. The van der Waals surface area contributed by atoms with Crippen LogP contribution in [0.1, 0.15) is 16.7 Å². The Morgan fingerprint density at radius 3 is 2.40 bits per heavy atom. The number of nitro groups is 1. The topological polar surface area (TPSA) is 76.2 Å². The monoisotopic (exact) mass is 442 g/mol. The van der Waals surface area contributed by atoms with Gasteiger partial charge in [-0.1, -0.05) is 47.5 Å². The van der Waals surface area contributed by atoms with E-state index in [1.807, 2.05) is 6.07 Å². The van der Waals surface area contributed by atoms with Gasteiger partial charge in [0.2, 0.25) is 0 Å². The highest BCUT2D eigenvalue weighted by molar-refractivity contribution is 6.37. The Morgan fingerprint density at radius 1 is 1.13 bits per heavy atom. The van der Waals surface area contributed by atoms with Gasteiger partial charge >= 0.3 is 0 Å². The van der Waals surface area contributed by atoms with Gasteiger partial charge in [-0.15, -0.1) is 0 Å². The molecule has 0 amide bonds. The standard InChI is InChI=1S/C22H13Cl2FN2O3/c23-20-9-15(8-17(12-26)16-2-1-3-19(11-16)27(28)29)10-21(24)22(20)30-13-14-4-6-18(25)7-5-14/h1-11H,13H2/b17-8-. The third-order valence-corrected chi connectivity index (χ3v) is 4.68. The number of hydrogen-bond donors (Lipinski definition) is 0. The molecule has 0 bridgehead atoms. The lowest BCUT2D eigenvalue weighted by Gasteiger charge is -2.11. The van der Waals surface area contributed by atoms with E-state index >= 15 is 0 Å². The van der Waals surface area contributed by atoms with Crippen molar-refractivity contribution in [3.05, 3.63) is 103 Å². The molecule has 3 rings (SSSR count). The molecule has 0 aromatic heterocycles. The van der Waals surface area contributed by atoms with Gasteiger partial charge < -0.3 is 4.74 Å². The van der Waals surface area contributed by atoms with Crippen LogP contribution >= 0.6 is 23.2 Å².